The van der Waals surface area contributed by atoms with E-state index in [4.69, 9.17) is 4.98 Å². The normalized spacial score (nSPS) is 24.6. The third kappa shape index (κ3) is 3.99. The van der Waals surface area contributed by atoms with Gasteiger partial charge < -0.3 is 9.80 Å². The zero-order chi connectivity index (χ0) is 28.3. The minimum Gasteiger partial charge on any atom is -0.337 e. The van der Waals surface area contributed by atoms with Crippen molar-refractivity contribution < 1.29 is 0 Å². The number of para-hydroxylation sites is 1. The molecule has 0 spiro atoms. The van der Waals surface area contributed by atoms with Crippen LogP contribution in [0.3, 0.4) is 0 Å². The molecule has 4 heteroatoms. The first kappa shape index (κ1) is 25.0. The van der Waals surface area contributed by atoms with Gasteiger partial charge in [-0.25, -0.2) is 0 Å². The summed E-state index contributed by atoms with van der Waals surface area (Å²) in [5.74, 6) is 0.857. The van der Waals surface area contributed by atoms with Gasteiger partial charge in [-0.05, 0) is 59.9 Å². The lowest BCUT2D eigenvalue weighted by Crippen LogP contribution is -2.32. The van der Waals surface area contributed by atoms with Crippen LogP contribution in [0.15, 0.2) is 151 Å². The van der Waals surface area contributed by atoms with Gasteiger partial charge in [0.05, 0.1) is 17.5 Å². The van der Waals surface area contributed by atoms with Crippen molar-refractivity contribution in [3.8, 4) is 21.8 Å². The minimum atomic E-state index is 0.324. The van der Waals surface area contributed by atoms with Crippen molar-refractivity contribution in [1.82, 2.24) is 4.98 Å². The molecule has 5 atom stereocenters. The minimum absolute atomic E-state index is 0.324. The van der Waals surface area contributed by atoms with Gasteiger partial charge in [0.1, 0.15) is 0 Å². The molecule has 3 aromatic carbocycles. The number of nitrogens with zero attached hydrogens (tertiary/aromatic N) is 3. The lowest BCUT2D eigenvalue weighted by molar-refractivity contribution is 0.681. The van der Waals surface area contributed by atoms with Gasteiger partial charge in [0.15, 0.2) is 0 Å². The molecule has 5 aliphatic rings. The van der Waals surface area contributed by atoms with E-state index < -0.39 is 0 Å². The molecule has 0 saturated carbocycles. The molecule has 3 nitrogen and oxygen atoms in total. The maximum atomic E-state index is 4.89. The van der Waals surface area contributed by atoms with Crippen molar-refractivity contribution in [3.63, 3.8) is 0 Å². The molecular weight excluding hydrogens is 541 g/mol. The second-order valence-electron chi connectivity index (χ2n) is 12.0. The predicted octanol–water partition coefficient (Wildman–Crippen LogP) is 9.71. The Morgan fingerprint density at radius 3 is 2.16 bits per heavy atom. The van der Waals surface area contributed by atoms with Crippen LogP contribution in [0, 0.1) is 5.92 Å². The monoisotopic (exact) mass is 573 g/mol. The van der Waals surface area contributed by atoms with Gasteiger partial charge in [0.2, 0.25) is 0 Å². The molecule has 0 bridgehead atoms. The predicted molar refractivity (Wildman–Crippen MR) is 181 cm³/mol. The zero-order valence-corrected chi connectivity index (χ0v) is 24.8. The average molecular weight is 574 g/mol. The van der Waals surface area contributed by atoms with Gasteiger partial charge in [0, 0.05) is 51.7 Å². The number of rotatable bonds is 4. The highest BCUT2D eigenvalue weighted by Crippen LogP contribution is 2.48. The number of benzene rings is 3. The van der Waals surface area contributed by atoms with E-state index in [2.05, 4.69) is 150 Å². The summed E-state index contributed by atoms with van der Waals surface area (Å²) in [6.07, 6.45) is 27.1. The molecule has 0 amide bonds. The van der Waals surface area contributed by atoms with Crippen LogP contribution >= 0.6 is 8.19 Å². The molecule has 0 saturated heterocycles. The lowest BCUT2D eigenvalue weighted by atomic mass is 9.88. The Bertz CT molecular complexity index is 1900. The summed E-state index contributed by atoms with van der Waals surface area (Å²) >= 11 is 0. The van der Waals surface area contributed by atoms with Crippen LogP contribution in [0.25, 0.3) is 21.8 Å². The molecular formula is C39H32N3P. The first-order chi connectivity index (χ1) is 21.3. The van der Waals surface area contributed by atoms with Crippen LogP contribution in [0.2, 0.25) is 0 Å². The summed E-state index contributed by atoms with van der Waals surface area (Å²) in [7, 11) is 0.550. The summed E-state index contributed by atoms with van der Waals surface area (Å²) < 4.78 is 0. The van der Waals surface area contributed by atoms with Crippen molar-refractivity contribution >= 4 is 25.3 Å². The van der Waals surface area contributed by atoms with Gasteiger partial charge in [-0.15, -0.1) is 8.19 Å². The maximum absolute atomic E-state index is 4.89. The number of hydrogen-bond acceptors (Lipinski definition) is 3. The average Bonchev–Trinajstić information content (AvgIpc) is 3.78. The van der Waals surface area contributed by atoms with Crippen molar-refractivity contribution in [2.45, 2.75) is 30.8 Å². The number of allylic oxidation sites excluding steroid dienone is 7. The fraction of sp³-hybridized carbons (Fsp3) is 0.154. The van der Waals surface area contributed by atoms with Crippen LogP contribution in [0.1, 0.15) is 24.3 Å². The summed E-state index contributed by atoms with van der Waals surface area (Å²) in [5, 5.41) is 1.31. The molecule has 5 unspecified atom stereocenters. The largest absolute Gasteiger partial charge is 0.337 e. The molecule has 4 aromatic rings. The molecule has 9 rings (SSSR count). The second-order valence-corrected chi connectivity index (χ2v) is 13.2. The number of aromatic nitrogens is 1. The highest BCUT2D eigenvalue weighted by molar-refractivity contribution is 7.37. The SMILES string of the molecule is C1=CC2C3=C(CCC=C3)N(c3ccc(-c4cnc(-c5ccc(N6c7ccccc7C7C=CC=CC76)cc5)[pH]4)cc3)C2C=C1. The first-order valence-corrected chi connectivity index (χ1v) is 16.4. The summed E-state index contributed by atoms with van der Waals surface area (Å²) in [4.78, 5) is 9.95. The molecule has 0 radical (unpaired) electrons. The van der Waals surface area contributed by atoms with Crippen molar-refractivity contribution in [2.24, 2.45) is 5.92 Å². The Hall–Kier alpha value is -4.59. The Kier molecular flexibility index (Phi) is 5.81. The van der Waals surface area contributed by atoms with Gasteiger partial charge >= 0.3 is 0 Å². The Morgan fingerprint density at radius 2 is 1.35 bits per heavy atom. The smallest absolute Gasteiger partial charge is 0.0865 e. The van der Waals surface area contributed by atoms with E-state index in [0.29, 0.717) is 32.1 Å². The van der Waals surface area contributed by atoms with E-state index in [9.17, 15) is 0 Å². The summed E-state index contributed by atoms with van der Waals surface area (Å²) in [6.45, 7) is 0. The van der Waals surface area contributed by atoms with E-state index in [1.807, 2.05) is 0 Å². The Balaban J connectivity index is 0.969. The van der Waals surface area contributed by atoms with Crippen LogP contribution in [-0.2, 0) is 0 Å². The molecule has 2 aliphatic heterocycles. The van der Waals surface area contributed by atoms with Crippen molar-refractivity contribution in [1.29, 1.82) is 0 Å². The van der Waals surface area contributed by atoms with Crippen molar-refractivity contribution in [3.05, 3.63) is 157 Å². The highest BCUT2D eigenvalue weighted by Gasteiger charge is 2.39. The lowest BCUT2D eigenvalue weighted by Gasteiger charge is -2.31. The van der Waals surface area contributed by atoms with Gasteiger partial charge in [-0.2, -0.15) is 0 Å². The first-order valence-electron chi connectivity index (χ1n) is 15.4. The van der Waals surface area contributed by atoms with E-state index >= 15 is 0 Å². The van der Waals surface area contributed by atoms with E-state index in [1.165, 1.54) is 50.3 Å². The fourth-order valence-corrected chi connectivity index (χ4v) is 8.79. The topological polar surface area (TPSA) is 19.4 Å². The molecule has 3 heterocycles. The van der Waals surface area contributed by atoms with Crippen LogP contribution in [0.4, 0.5) is 17.1 Å². The molecule has 0 fully saturated rings. The molecule has 208 valence electrons. The van der Waals surface area contributed by atoms with Gasteiger partial charge in [-0.3, -0.25) is 4.98 Å². The highest BCUT2D eigenvalue weighted by atomic mass is 31.0. The van der Waals surface area contributed by atoms with Gasteiger partial charge in [-0.1, -0.05) is 103 Å². The third-order valence-electron chi connectivity index (χ3n) is 9.64. The Labute approximate surface area is 254 Å². The third-order valence-corrected chi connectivity index (χ3v) is 11.0. The van der Waals surface area contributed by atoms with Crippen LogP contribution in [0.5, 0.6) is 0 Å². The van der Waals surface area contributed by atoms with Crippen molar-refractivity contribution in [2.75, 3.05) is 9.80 Å². The van der Waals surface area contributed by atoms with E-state index in [0.717, 1.165) is 18.3 Å². The number of anilines is 3. The zero-order valence-electron chi connectivity index (χ0n) is 23.8. The summed E-state index contributed by atoms with van der Waals surface area (Å²) in [6, 6.07) is 27.7. The quantitative estimate of drug-likeness (QED) is 0.242. The molecule has 1 aromatic heterocycles. The Morgan fingerprint density at radius 1 is 0.674 bits per heavy atom. The van der Waals surface area contributed by atoms with Gasteiger partial charge in [0.25, 0.3) is 0 Å². The number of hydrogen-bond donors (Lipinski definition) is 0. The molecule has 43 heavy (non-hydrogen) atoms. The molecule has 0 N–H and O–H groups in total. The molecule has 3 aliphatic carbocycles. The number of fused-ring (bicyclic) bond motifs is 5. The second kappa shape index (κ2) is 10.0. The standard InChI is InChI=1S/C39H32N3P/c1-5-13-34-30(9-1)31-10-2-6-14-35(31)41(34)28-21-17-26(18-22-28)38-25-40-39(43-38)27-19-23-29(24-20-27)42-36-15-7-3-11-32(36)33-12-4-8-16-37(33)42/h1-5,7-13,15-25,30,32,34,36,43H,6,14H2. The summed E-state index contributed by atoms with van der Waals surface area (Å²) in [5.41, 5.74) is 11.8. The maximum Gasteiger partial charge on any atom is 0.0865 e. The van der Waals surface area contributed by atoms with E-state index in [1.54, 1.807) is 0 Å². The van der Waals surface area contributed by atoms with E-state index in [-0.39, 0.29) is 0 Å². The van der Waals surface area contributed by atoms with Crippen LogP contribution < -0.4 is 9.80 Å². The fourth-order valence-electron chi connectivity index (χ4n) is 7.66. The van der Waals surface area contributed by atoms with Crippen LogP contribution in [-0.4, -0.2) is 17.1 Å².